The maximum atomic E-state index is 16.3. The number of nitrogens with one attached hydrogen (secondary N) is 3. The number of alkyl carbamates (subject to hydrolysis) is 1. The molecule has 0 bridgehead atoms. The lowest BCUT2D eigenvalue weighted by atomic mass is 9.77. The third kappa shape index (κ3) is 9.68. The number of carbonyl (C=O) groups excluding carboxylic acids is 3. The van der Waals surface area contributed by atoms with Crippen molar-refractivity contribution in [3.8, 4) is 22.6 Å². The Hall–Kier alpha value is -4.46. The van der Waals surface area contributed by atoms with Crippen LogP contribution in [-0.2, 0) is 15.1 Å². The zero-order valence-corrected chi connectivity index (χ0v) is 32.5. The van der Waals surface area contributed by atoms with Crippen LogP contribution in [0, 0.1) is 17.6 Å². The van der Waals surface area contributed by atoms with E-state index in [0.29, 0.717) is 37.9 Å². The van der Waals surface area contributed by atoms with E-state index in [1.165, 1.54) is 18.2 Å². The first-order valence-electron chi connectivity index (χ1n) is 18.8. The molecule has 11 nitrogen and oxygen atoms in total. The monoisotopic (exact) mass is 784 g/mol. The minimum Gasteiger partial charge on any atom is -0.488 e. The van der Waals surface area contributed by atoms with E-state index in [4.69, 9.17) is 31.5 Å². The molecule has 1 aliphatic heterocycles. The molecule has 2 atom stereocenters. The van der Waals surface area contributed by atoms with Gasteiger partial charge in [0.2, 0.25) is 11.8 Å². The number of rotatable bonds is 15. The molecule has 14 heteroatoms. The van der Waals surface area contributed by atoms with E-state index >= 15 is 8.78 Å². The summed E-state index contributed by atoms with van der Waals surface area (Å²) >= 11 is 6.65. The van der Waals surface area contributed by atoms with Crippen LogP contribution in [0.3, 0.4) is 0 Å². The van der Waals surface area contributed by atoms with Gasteiger partial charge in [0.25, 0.3) is 0 Å². The first kappa shape index (κ1) is 41.7. The number of aliphatic hydroxyl groups is 1. The van der Waals surface area contributed by atoms with Gasteiger partial charge < -0.3 is 41.0 Å². The van der Waals surface area contributed by atoms with Crippen LogP contribution in [0.25, 0.3) is 11.1 Å². The molecule has 0 aromatic heterocycles. The molecular weight excluding hydrogens is 734 g/mol. The van der Waals surface area contributed by atoms with Gasteiger partial charge in [0.15, 0.2) is 17.2 Å². The summed E-state index contributed by atoms with van der Waals surface area (Å²) in [6.07, 6.45) is 3.82. The molecular formula is C41H51ClF2N4O7. The van der Waals surface area contributed by atoms with Crippen molar-refractivity contribution >= 4 is 29.5 Å². The predicted molar refractivity (Wildman–Crippen MR) is 205 cm³/mol. The van der Waals surface area contributed by atoms with Crippen LogP contribution in [0.5, 0.6) is 11.5 Å². The molecule has 5 rings (SSSR count). The highest BCUT2D eigenvalue weighted by molar-refractivity contribution is 6.34. The lowest BCUT2D eigenvalue weighted by Gasteiger charge is -2.37. The predicted octanol–water partition coefficient (Wildman–Crippen LogP) is 6.72. The summed E-state index contributed by atoms with van der Waals surface area (Å²) in [5.41, 5.74) is 4.64. The molecule has 0 radical (unpaired) electrons. The number of primary amides is 1. The van der Waals surface area contributed by atoms with Crippen molar-refractivity contribution in [2.75, 3.05) is 32.8 Å². The third-order valence-corrected chi connectivity index (χ3v) is 10.6. The van der Waals surface area contributed by atoms with Crippen LogP contribution in [0.15, 0.2) is 48.5 Å². The summed E-state index contributed by atoms with van der Waals surface area (Å²) in [4.78, 5) is 37.4. The van der Waals surface area contributed by atoms with Crippen molar-refractivity contribution in [1.82, 2.24) is 16.0 Å². The maximum absolute atomic E-state index is 16.3. The Morgan fingerprint density at radius 2 is 1.67 bits per heavy atom. The molecule has 2 aliphatic rings. The summed E-state index contributed by atoms with van der Waals surface area (Å²) in [7, 11) is 0. The van der Waals surface area contributed by atoms with Gasteiger partial charge >= 0.3 is 6.09 Å². The van der Waals surface area contributed by atoms with E-state index in [9.17, 15) is 19.5 Å². The first-order valence-corrected chi connectivity index (χ1v) is 19.1. The number of nitrogens with two attached hydrogens (primary N) is 1. The summed E-state index contributed by atoms with van der Waals surface area (Å²) in [6, 6.07) is 13.2. The molecule has 0 unspecified atom stereocenters. The zero-order chi connectivity index (χ0) is 39.9. The molecule has 1 heterocycles. The van der Waals surface area contributed by atoms with Crippen molar-refractivity contribution in [2.24, 2.45) is 11.7 Å². The Bertz CT molecular complexity index is 1850. The molecule has 3 amide bonds. The fourth-order valence-corrected chi connectivity index (χ4v) is 7.70. The van der Waals surface area contributed by atoms with Crippen molar-refractivity contribution in [1.29, 1.82) is 0 Å². The number of hydrogen-bond acceptors (Lipinski definition) is 8. The van der Waals surface area contributed by atoms with Gasteiger partial charge in [-0.05, 0) is 77.0 Å². The summed E-state index contributed by atoms with van der Waals surface area (Å²) < 4.78 is 49.3. The van der Waals surface area contributed by atoms with Crippen LogP contribution in [0.1, 0.15) is 93.6 Å². The minimum absolute atomic E-state index is 0.0160. The van der Waals surface area contributed by atoms with Crippen molar-refractivity contribution < 1.29 is 42.5 Å². The highest BCUT2D eigenvalue weighted by Crippen LogP contribution is 2.56. The Kier molecular flexibility index (Phi) is 13.6. The lowest BCUT2D eigenvalue weighted by Crippen LogP contribution is -2.48. The number of halogens is 3. The molecule has 6 N–H and O–H groups in total. The number of fused-ring (bicyclic) bond motifs is 1. The molecule has 1 aliphatic carbocycles. The zero-order valence-electron chi connectivity index (χ0n) is 31.7. The topological polar surface area (TPSA) is 161 Å². The van der Waals surface area contributed by atoms with Crippen LogP contribution >= 0.6 is 11.6 Å². The largest absolute Gasteiger partial charge is 0.488 e. The van der Waals surface area contributed by atoms with E-state index in [1.54, 1.807) is 20.8 Å². The second-order valence-electron chi connectivity index (χ2n) is 15.1. The van der Waals surface area contributed by atoms with E-state index in [0.717, 1.165) is 24.8 Å². The Morgan fingerprint density at radius 3 is 2.31 bits per heavy atom. The van der Waals surface area contributed by atoms with Gasteiger partial charge in [-0.15, -0.1) is 0 Å². The standard InChI is InChI=1S/C41H51ClF2N4O7/c1-24-32-31(22-29(43)35(42)34(32)33-28(37(45)50)16-17-30(36(33)44)53-21-20-49)54-41(24,26-10-6-5-7-11-26)23-48-27-14-12-25(13-15-27)38(51)46-18-8-9-19-47-39(52)55-40(2,3)4/h5-7,10-11,16-17,22,24-25,27,48-49H,8-9,12-15,18-21,23H2,1-4H3,(H2,45,50)(H,46,51)(H,47,52)/t24-,25?,27?,41-/m0/s1. The molecule has 1 fully saturated rings. The minimum atomic E-state index is -1.10. The van der Waals surface area contributed by atoms with Crippen LogP contribution in [0.4, 0.5) is 13.6 Å². The van der Waals surface area contributed by atoms with Gasteiger partial charge in [-0.1, -0.05) is 48.9 Å². The Labute approximate surface area is 325 Å². The molecule has 1 saturated carbocycles. The van der Waals surface area contributed by atoms with E-state index in [-0.39, 0.29) is 65.8 Å². The van der Waals surface area contributed by atoms with Crippen LogP contribution in [-0.4, -0.2) is 67.5 Å². The highest BCUT2D eigenvalue weighted by Gasteiger charge is 2.50. The fourth-order valence-electron chi connectivity index (χ4n) is 7.45. The molecule has 0 spiro atoms. The average molecular weight is 785 g/mol. The number of hydrogen-bond donors (Lipinski definition) is 5. The molecule has 0 saturated heterocycles. The molecule has 3 aromatic rings. The second-order valence-corrected chi connectivity index (χ2v) is 15.5. The summed E-state index contributed by atoms with van der Waals surface area (Å²) in [5.74, 6) is -3.56. The first-order chi connectivity index (χ1) is 26.2. The van der Waals surface area contributed by atoms with Crippen LogP contribution < -0.4 is 31.2 Å². The van der Waals surface area contributed by atoms with Gasteiger partial charge in [-0.3, -0.25) is 9.59 Å². The smallest absolute Gasteiger partial charge is 0.407 e. The average Bonchev–Trinajstić information content (AvgIpc) is 3.43. The van der Waals surface area contributed by atoms with E-state index < -0.39 is 45.8 Å². The van der Waals surface area contributed by atoms with Crippen LogP contribution in [0.2, 0.25) is 5.02 Å². The van der Waals surface area contributed by atoms with Gasteiger partial charge in [-0.25, -0.2) is 13.6 Å². The summed E-state index contributed by atoms with van der Waals surface area (Å²) in [5, 5.41) is 18.3. The van der Waals surface area contributed by atoms with Crippen molar-refractivity contribution in [2.45, 2.75) is 89.4 Å². The number of unbranched alkanes of at least 4 members (excludes halogenated alkanes) is 1. The Balaban J connectivity index is 1.29. The second kappa shape index (κ2) is 18.0. The third-order valence-electron chi connectivity index (χ3n) is 10.2. The Morgan fingerprint density at radius 1 is 1.00 bits per heavy atom. The number of carbonyl (C=O) groups is 3. The van der Waals surface area contributed by atoms with Gasteiger partial charge in [0.05, 0.1) is 17.2 Å². The number of aliphatic hydroxyl groups excluding tert-OH is 1. The van der Waals surface area contributed by atoms with E-state index in [2.05, 4.69) is 16.0 Å². The fraction of sp³-hybridized carbons (Fsp3) is 0.488. The maximum Gasteiger partial charge on any atom is 0.407 e. The van der Waals surface area contributed by atoms with Crippen molar-refractivity contribution in [3.05, 3.63) is 81.9 Å². The number of amides is 3. The molecule has 298 valence electrons. The molecule has 3 aromatic carbocycles. The van der Waals surface area contributed by atoms with Gasteiger partial charge in [0, 0.05) is 60.3 Å². The number of ether oxygens (including phenoxy) is 3. The van der Waals surface area contributed by atoms with Crippen molar-refractivity contribution in [3.63, 3.8) is 0 Å². The number of benzene rings is 3. The quantitative estimate of drug-likeness (QED) is 0.106. The SMILES string of the molecule is C[C@H]1c2c(cc(F)c(Cl)c2-c2c(C(N)=O)ccc(OCCO)c2F)O[C@]1(CNC1CCC(C(=O)NCCCCNC(=O)OC(C)(C)C)CC1)c1ccccc1. The van der Waals surface area contributed by atoms with Gasteiger partial charge in [0.1, 0.15) is 23.8 Å². The normalized spacial score (nSPS) is 20.6. The summed E-state index contributed by atoms with van der Waals surface area (Å²) in [6.45, 7) is 7.97. The highest BCUT2D eigenvalue weighted by atomic mass is 35.5. The van der Waals surface area contributed by atoms with E-state index in [1.807, 2.05) is 37.3 Å². The lowest BCUT2D eigenvalue weighted by molar-refractivity contribution is -0.126. The molecule has 55 heavy (non-hydrogen) atoms. The van der Waals surface area contributed by atoms with Gasteiger partial charge in [-0.2, -0.15) is 0 Å².